The van der Waals surface area contributed by atoms with Crippen molar-refractivity contribution in [3.63, 3.8) is 0 Å². The van der Waals surface area contributed by atoms with Crippen LogP contribution in [0.2, 0.25) is 0 Å². The molecule has 1 aromatic carbocycles. The smallest absolute Gasteiger partial charge is 0.217 e. The zero-order valence-corrected chi connectivity index (χ0v) is 12.9. The summed E-state index contributed by atoms with van der Waals surface area (Å²) in [4.78, 5) is 13.1. The zero-order valence-electron chi connectivity index (χ0n) is 12.9. The Kier molecular flexibility index (Phi) is 5.17. The van der Waals surface area contributed by atoms with Crippen LogP contribution < -0.4 is 15.5 Å². The fraction of sp³-hybridized carbons (Fsp3) is 0.562. The predicted octanol–water partition coefficient (Wildman–Crippen LogP) is 2.21. The van der Waals surface area contributed by atoms with Crippen molar-refractivity contribution >= 4 is 11.6 Å². The summed E-state index contributed by atoms with van der Waals surface area (Å²) in [6.45, 7) is 7.87. The van der Waals surface area contributed by atoms with Crippen molar-refractivity contribution < 1.29 is 9.18 Å². The number of nitrogens with zero attached hydrogens (tertiary/aromatic N) is 1. The van der Waals surface area contributed by atoms with E-state index in [1.54, 1.807) is 6.07 Å². The van der Waals surface area contributed by atoms with Gasteiger partial charge in [-0.15, -0.1) is 0 Å². The minimum Gasteiger partial charge on any atom is -0.367 e. The van der Waals surface area contributed by atoms with Gasteiger partial charge in [-0.05, 0) is 37.6 Å². The standard InChI is InChI=1S/C16H24FN3O/c1-4-18-11(2)13-5-6-16(15(17)9-13)20-8-7-14(10-20)19-12(3)21/h5-6,9,11,14,18H,4,7-8,10H2,1-3H3,(H,19,21). The molecule has 1 saturated heterocycles. The van der Waals surface area contributed by atoms with Gasteiger partial charge in [0.15, 0.2) is 0 Å². The van der Waals surface area contributed by atoms with E-state index < -0.39 is 0 Å². The second-order valence-corrected chi connectivity index (χ2v) is 5.62. The summed E-state index contributed by atoms with van der Waals surface area (Å²) in [6, 6.07) is 5.67. The molecule has 0 spiro atoms. The van der Waals surface area contributed by atoms with Crippen molar-refractivity contribution in [2.45, 2.75) is 39.3 Å². The molecule has 0 bridgehead atoms. The first-order valence-electron chi connectivity index (χ1n) is 7.56. The number of hydrogen-bond donors (Lipinski definition) is 2. The van der Waals surface area contributed by atoms with Crippen molar-refractivity contribution in [1.82, 2.24) is 10.6 Å². The van der Waals surface area contributed by atoms with E-state index in [1.165, 1.54) is 6.92 Å². The number of anilines is 1. The highest BCUT2D eigenvalue weighted by molar-refractivity contribution is 5.73. The Morgan fingerprint density at radius 3 is 2.90 bits per heavy atom. The highest BCUT2D eigenvalue weighted by Crippen LogP contribution is 2.26. The van der Waals surface area contributed by atoms with Crippen LogP contribution in [0.5, 0.6) is 0 Å². The van der Waals surface area contributed by atoms with Crippen LogP contribution in [0.15, 0.2) is 18.2 Å². The van der Waals surface area contributed by atoms with Crippen LogP contribution in [0.4, 0.5) is 10.1 Å². The van der Waals surface area contributed by atoms with Gasteiger partial charge in [0.05, 0.1) is 5.69 Å². The minimum atomic E-state index is -0.194. The molecule has 1 aromatic rings. The summed E-state index contributed by atoms with van der Waals surface area (Å²) < 4.78 is 14.3. The first-order chi connectivity index (χ1) is 10.0. The summed E-state index contributed by atoms with van der Waals surface area (Å²) >= 11 is 0. The van der Waals surface area contributed by atoms with E-state index in [2.05, 4.69) is 10.6 Å². The number of nitrogens with one attached hydrogen (secondary N) is 2. The lowest BCUT2D eigenvalue weighted by molar-refractivity contribution is -0.119. The van der Waals surface area contributed by atoms with E-state index in [-0.39, 0.29) is 23.8 Å². The van der Waals surface area contributed by atoms with Gasteiger partial charge in [-0.25, -0.2) is 4.39 Å². The topological polar surface area (TPSA) is 44.4 Å². The van der Waals surface area contributed by atoms with Gasteiger partial charge in [0, 0.05) is 32.1 Å². The number of carbonyl (C=O) groups excluding carboxylic acids is 1. The molecule has 2 rings (SSSR count). The van der Waals surface area contributed by atoms with Gasteiger partial charge in [-0.2, -0.15) is 0 Å². The normalized spacial score (nSPS) is 19.6. The van der Waals surface area contributed by atoms with Crippen LogP contribution in [-0.2, 0) is 4.79 Å². The van der Waals surface area contributed by atoms with Crippen LogP contribution in [0.3, 0.4) is 0 Å². The van der Waals surface area contributed by atoms with Gasteiger partial charge >= 0.3 is 0 Å². The van der Waals surface area contributed by atoms with E-state index in [1.807, 2.05) is 30.9 Å². The lowest BCUT2D eigenvalue weighted by Gasteiger charge is -2.21. The largest absolute Gasteiger partial charge is 0.367 e. The number of halogens is 1. The third-order valence-corrected chi connectivity index (χ3v) is 3.92. The van der Waals surface area contributed by atoms with Crippen molar-refractivity contribution in [3.05, 3.63) is 29.6 Å². The molecule has 4 nitrogen and oxygen atoms in total. The van der Waals surface area contributed by atoms with Crippen LogP contribution in [0.1, 0.15) is 38.8 Å². The highest BCUT2D eigenvalue weighted by atomic mass is 19.1. The molecule has 1 aliphatic rings. The number of hydrogen-bond acceptors (Lipinski definition) is 3. The molecule has 0 aromatic heterocycles. The maximum Gasteiger partial charge on any atom is 0.217 e. The fourth-order valence-electron chi connectivity index (χ4n) is 2.86. The number of carbonyl (C=O) groups is 1. The molecule has 1 heterocycles. The number of rotatable bonds is 5. The quantitative estimate of drug-likeness (QED) is 0.875. The molecule has 0 saturated carbocycles. The molecule has 1 fully saturated rings. The summed E-state index contributed by atoms with van der Waals surface area (Å²) in [5.41, 5.74) is 1.58. The van der Waals surface area contributed by atoms with Crippen molar-refractivity contribution in [1.29, 1.82) is 0 Å². The summed E-state index contributed by atoms with van der Waals surface area (Å²) in [7, 11) is 0. The molecule has 0 aliphatic carbocycles. The molecular formula is C16H24FN3O. The lowest BCUT2D eigenvalue weighted by atomic mass is 10.1. The van der Waals surface area contributed by atoms with E-state index in [4.69, 9.17) is 0 Å². The molecule has 0 radical (unpaired) electrons. The Bertz CT molecular complexity index is 506. The molecule has 2 unspecified atom stereocenters. The number of benzene rings is 1. The molecule has 1 aliphatic heterocycles. The number of amides is 1. The monoisotopic (exact) mass is 293 g/mol. The van der Waals surface area contributed by atoms with Gasteiger partial charge in [0.1, 0.15) is 5.82 Å². The first kappa shape index (κ1) is 15.8. The Balaban J connectivity index is 2.06. The van der Waals surface area contributed by atoms with Gasteiger partial charge in [-0.1, -0.05) is 13.0 Å². The third kappa shape index (κ3) is 3.94. The summed E-state index contributed by atoms with van der Waals surface area (Å²) in [5, 5.41) is 6.17. The van der Waals surface area contributed by atoms with E-state index in [9.17, 15) is 9.18 Å². The van der Waals surface area contributed by atoms with Gasteiger partial charge in [0.2, 0.25) is 5.91 Å². The Hall–Kier alpha value is -1.62. The second kappa shape index (κ2) is 6.89. The van der Waals surface area contributed by atoms with Crippen molar-refractivity contribution in [2.75, 3.05) is 24.5 Å². The van der Waals surface area contributed by atoms with E-state index in [0.29, 0.717) is 12.2 Å². The summed E-state index contributed by atoms with van der Waals surface area (Å²) in [6.07, 6.45) is 0.856. The fourth-order valence-corrected chi connectivity index (χ4v) is 2.86. The van der Waals surface area contributed by atoms with Crippen LogP contribution in [0, 0.1) is 5.82 Å². The minimum absolute atomic E-state index is 0.0304. The Morgan fingerprint density at radius 2 is 2.29 bits per heavy atom. The average Bonchev–Trinajstić information content (AvgIpc) is 2.86. The van der Waals surface area contributed by atoms with Gasteiger partial charge < -0.3 is 15.5 Å². The molecule has 21 heavy (non-hydrogen) atoms. The van der Waals surface area contributed by atoms with E-state index in [0.717, 1.165) is 25.1 Å². The van der Waals surface area contributed by atoms with Crippen LogP contribution in [0.25, 0.3) is 0 Å². The summed E-state index contributed by atoms with van der Waals surface area (Å²) in [5.74, 6) is -0.224. The molecule has 5 heteroatoms. The van der Waals surface area contributed by atoms with Crippen molar-refractivity contribution in [3.8, 4) is 0 Å². The molecular weight excluding hydrogens is 269 g/mol. The second-order valence-electron chi connectivity index (χ2n) is 5.62. The molecule has 1 amide bonds. The predicted molar refractivity (Wildman–Crippen MR) is 82.9 cm³/mol. The van der Waals surface area contributed by atoms with Crippen LogP contribution >= 0.6 is 0 Å². The van der Waals surface area contributed by atoms with E-state index >= 15 is 0 Å². The van der Waals surface area contributed by atoms with Gasteiger partial charge in [0.25, 0.3) is 0 Å². The Labute approximate surface area is 125 Å². The van der Waals surface area contributed by atoms with Crippen LogP contribution in [-0.4, -0.2) is 31.6 Å². The Morgan fingerprint density at radius 1 is 1.52 bits per heavy atom. The average molecular weight is 293 g/mol. The van der Waals surface area contributed by atoms with Gasteiger partial charge in [-0.3, -0.25) is 4.79 Å². The third-order valence-electron chi connectivity index (χ3n) is 3.92. The van der Waals surface area contributed by atoms with Crippen molar-refractivity contribution in [2.24, 2.45) is 0 Å². The molecule has 2 N–H and O–H groups in total. The maximum absolute atomic E-state index is 14.3. The first-order valence-corrected chi connectivity index (χ1v) is 7.56. The maximum atomic E-state index is 14.3. The SMILES string of the molecule is CCNC(C)c1ccc(N2CCC(NC(C)=O)C2)c(F)c1. The zero-order chi connectivity index (χ0) is 15.4. The lowest BCUT2D eigenvalue weighted by Crippen LogP contribution is -2.35. The molecule has 116 valence electrons. The molecule has 2 atom stereocenters. The highest BCUT2D eigenvalue weighted by Gasteiger charge is 2.25.